The molecule has 7 nitrogen and oxygen atoms in total. The van der Waals surface area contributed by atoms with Crippen molar-refractivity contribution in [2.24, 2.45) is 0 Å². The van der Waals surface area contributed by atoms with Gasteiger partial charge in [-0.25, -0.2) is 0 Å². The third-order valence-electron chi connectivity index (χ3n) is 4.44. The number of methoxy groups -OCH3 is 1. The first-order valence-electron chi connectivity index (χ1n) is 9.25. The van der Waals surface area contributed by atoms with Crippen LogP contribution in [-0.2, 0) is 6.54 Å². The van der Waals surface area contributed by atoms with Crippen molar-refractivity contribution in [1.29, 1.82) is 0 Å². The molecule has 2 heterocycles. The normalized spacial score (nSPS) is 12.2. The molecule has 0 bridgehead atoms. The molecule has 1 aromatic heterocycles. The molecular formula is C22H21N3O4. The van der Waals surface area contributed by atoms with E-state index in [1.165, 1.54) is 0 Å². The lowest BCUT2D eigenvalue weighted by molar-refractivity contribution is 0.0946. The highest BCUT2D eigenvalue weighted by atomic mass is 16.6. The summed E-state index contributed by atoms with van der Waals surface area (Å²) < 4.78 is 16.3. The first kappa shape index (κ1) is 18.6. The van der Waals surface area contributed by atoms with Crippen LogP contribution in [-0.4, -0.2) is 31.2 Å². The Kier molecular flexibility index (Phi) is 5.47. The zero-order valence-corrected chi connectivity index (χ0v) is 16.0. The summed E-state index contributed by atoms with van der Waals surface area (Å²) in [5.74, 6) is 1.97. The summed E-state index contributed by atoms with van der Waals surface area (Å²) in [4.78, 5) is 16.6. The first-order chi connectivity index (χ1) is 14.2. The standard InChI is InChI=1S/C22H21N3O4/c1-27-18-5-2-15(3-6-18)14-24-22(26)19-12-17(8-9-23-19)25-16-4-7-20-21(13-16)29-11-10-28-20/h2-9,12-13H,10-11,14H2,1H3,(H,23,25)(H,24,26). The van der Waals surface area contributed by atoms with Crippen LogP contribution >= 0.6 is 0 Å². The van der Waals surface area contributed by atoms with E-state index in [0.717, 1.165) is 28.4 Å². The van der Waals surface area contributed by atoms with Crippen molar-refractivity contribution < 1.29 is 19.0 Å². The number of fused-ring (bicyclic) bond motifs is 1. The molecule has 0 spiro atoms. The van der Waals surface area contributed by atoms with Gasteiger partial charge in [0, 0.05) is 30.2 Å². The lowest BCUT2D eigenvalue weighted by atomic mass is 10.2. The van der Waals surface area contributed by atoms with E-state index in [0.29, 0.717) is 31.2 Å². The molecule has 0 fully saturated rings. The number of amides is 1. The maximum atomic E-state index is 12.5. The van der Waals surface area contributed by atoms with Crippen molar-refractivity contribution in [1.82, 2.24) is 10.3 Å². The van der Waals surface area contributed by atoms with Crippen LogP contribution in [0.15, 0.2) is 60.8 Å². The van der Waals surface area contributed by atoms with Gasteiger partial charge >= 0.3 is 0 Å². The average molecular weight is 391 g/mol. The Morgan fingerprint density at radius 1 is 1.00 bits per heavy atom. The predicted molar refractivity (Wildman–Crippen MR) is 109 cm³/mol. The Labute approximate surface area is 168 Å². The Balaban J connectivity index is 1.40. The van der Waals surface area contributed by atoms with Crippen molar-refractivity contribution in [3.8, 4) is 17.2 Å². The molecule has 2 N–H and O–H groups in total. The molecule has 0 unspecified atom stereocenters. The van der Waals surface area contributed by atoms with Crippen LogP contribution in [0.1, 0.15) is 16.1 Å². The monoisotopic (exact) mass is 391 g/mol. The fraction of sp³-hybridized carbons (Fsp3) is 0.182. The van der Waals surface area contributed by atoms with Gasteiger partial charge in [0.05, 0.1) is 7.11 Å². The number of nitrogens with zero attached hydrogens (tertiary/aromatic N) is 1. The van der Waals surface area contributed by atoms with E-state index in [1.807, 2.05) is 42.5 Å². The van der Waals surface area contributed by atoms with Crippen LogP contribution in [0.3, 0.4) is 0 Å². The van der Waals surface area contributed by atoms with E-state index in [1.54, 1.807) is 25.4 Å². The van der Waals surface area contributed by atoms with Gasteiger partial charge in [0.15, 0.2) is 11.5 Å². The fourth-order valence-corrected chi connectivity index (χ4v) is 2.94. The lowest BCUT2D eigenvalue weighted by Gasteiger charge is -2.19. The number of benzene rings is 2. The Hall–Kier alpha value is -3.74. The molecule has 7 heteroatoms. The quantitative estimate of drug-likeness (QED) is 0.669. The van der Waals surface area contributed by atoms with Gasteiger partial charge in [-0.1, -0.05) is 12.1 Å². The molecule has 0 saturated heterocycles. The summed E-state index contributed by atoms with van der Waals surface area (Å²) in [5.41, 5.74) is 2.90. The molecule has 148 valence electrons. The number of pyridine rings is 1. The van der Waals surface area contributed by atoms with Gasteiger partial charge in [-0.05, 0) is 42.0 Å². The highest BCUT2D eigenvalue weighted by Gasteiger charge is 2.12. The van der Waals surface area contributed by atoms with Gasteiger partial charge in [0.1, 0.15) is 24.7 Å². The zero-order chi connectivity index (χ0) is 20.1. The van der Waals surface area contributed by atoms with Gasteiger partial charge in [-0.2, -0.15) is 0 Å². The largest absolute Gasteiger partial charge is 0.497 e. The molecule has 1 aliphatic heterocycles. The van der Waals surface area contributed by atoms with Crippen LogP contribution in [0.2, 0.25) is 0 Å². The van der Waals surface area contributed by atoms with E-state index in [2.05, 4.69) is 15.6 Å². The van der Waals surface area contributed by atoms with E-state index in [4.69, 9.17) is 14.2 Å². The van der Waals surface area contributed by atoms with E-state index >= 15 is 0 Å². The molecule has 0 saturated carbocycles. The van der Waals surface area contributed by atoms with E-state index in [9.17, 15) is 4.79 Å². The minimum atomic E-state index is -0.244. The van der Waals surface area contributed by atoms with Gasteiger partial charge in [-0.3, -0.25) is 9.78 Å². The second-order valence-electron chi connectivity index (χ2n) is 6.44. The second kappa shape index (κ2) is 8.52. The number of aromatic nitrogens is 1. The summed E-state index contributed by atoms with van der Waals surface area (Å²) in [7, 11) is 1.62. The number of hydrogen-bond acceptors (Lipinski definition) is 6. The molecule has 3 aromatic rings. The summed E-state index contributed by atoms with van der Waals surface area (Å²) in [6.45, 7) is 1.49. The molecule has 1 aliphatic rings. The van der Waals surface area contributed by atoms with E-state index < -0.39 is 0 Å². The van der Waals surface area contributed by atoms with Crippen LogP contribution in [0.25, 0.3) is 0 Å². The molecule has 4 rings (SSSR count). The SMILES string of the molecule is COc1ccc(CNC(=O)c2cc(Nc3ccc4c(c3)OCCO4)ccn2)cc1. The van der Waals surface area contributed by atoms with Gasteiger partial charge in [0.25, 0.3) is 5.91 Å². The van der Waals surface area contributed by atoms with Crippen molar-refractivity contribution in [3.05, 3.63) is 72.1 Å². The van der Waals surface area contributed by atoms with E-state index in [-0.39, 0.29) is 5.91 Å². The number of rotatable bonds is 6. The number of nitrogens with one attached hydrogen (secondary N) is 2. The number of ether oxygens (including phenoxy) is 3. The fourth-order valence-electron chi connectivity index (χ4n) is 2.94. The smallest absolute Gasteiger partial charge is 0.270 e. The summed E-state index contributed by atoms with van der Waals surface area (Å²) >= 11 is 0. The maximum Gasteiger partial charge on any atom is 0.270 e. The van der Waals surface area contributed by atoms with Crippen molar-refractivity contribution in [2.45, 2.75) is 6.54 Å². The van der Waals surface area contributed by atoms with Crippen molar-refractivity contribution >= 4 is 17.3 Å². The van der Waals surface area contributed by atoms with Gasteiger partial charge < -0.3 is 24.8 Å². The number of carbonyl (C=O) groups is 1. The number of anilines is 2. The van der Waals surface area contributed by atoms with Gasteiger partial charge in [0.2, 0.25) is 0 Å². The summed E-state index contributed by atoms with van der Waals surface area (Å²) in [6, 6.07) is 16.7. The second-order valence-corrected chi connectivity index (χ2v) is 6.44. The van der Waals surface area contributed by atoms with Crippen LogP contribution in [0.4, 0.5) is 11.4 Å². The number of carbonyl (C=O) groups excluding carboxylic acids is 1. The molecular weight excluding hydrogens is 370 g/mol. The summed E-state index contributed by atoms with van der Waals surface area (Å²) in [6.07, 6.45) is 1.60. The molecule has 29 heavy (non-hydrogen) atoms. The molecule has 0 radical (unpaired) electrons. The zero-order valence-electron chi connectivity index (χ0n) is 16.0. The van der Waals surface area contributed by atoms with Crippen molar-refractivity contribution in [3.63, 3.8) is 0 Å². The highest BCUT2D eigenvalue weighted by Crippen LogP contribution is 2.33. The minimum Gasteiger partial charge on any atom is -0.497 e. The Bertz CT molecular complexity index is 1010. The first-order valence-corrected chi connectivity index (χ1v) is 9.25. The minimum absolute atomic E-state index is 0.244. The molecule has 0 atom stereocenters. The maximum absolute atomic E-state index is 12.5. The Morgan fingerprint density at radius 2 is 1.76 bits per heavy atom. The third kappa shape index (κ3) is 4.57. The lowest BCUT2D eigenvalue weighted by Crippen LogP contribution is -2.23. The Morgan fingerprint density at radius 3 is 2.55 bits per heavy atom. The van der Waals surface area contributed by atoms with Crippen LogP contribution in [0.5, 0.6) is 17.2 Å². The average Bonchev–Trinajstić information content (AvgIpc) is 2.78. The predicted octanol–water partition coefficient (Wildman–Crippen LogP) is 3.54. The topological polar surface area (TPSA) is 81.7 Å². The summed E-state index contributed by atoms with van der Waals surface area (Å²) in [5, 5.41) is 6.14. The molecule has 2 aromatic carbocycles. The van der Waals surface area contributed by atoms with Crippen LogP contribution < -0.4 is 24.8 Å². The third-order valence-corrected chi connectivity index (χ3v) is 4.44. The van der Waals surface area contributed by atoms with Crippen molar-refractivity contribution in [2.75, 3.05) is 25.6 Å². The van der Waals surface area contributed by atoms with Gasteiger partial charge in [-0.15, -0.1) is 0 Å². The van der Waals surface area contributed by atoms with Crippen LogP contribution in [0, 0.1) is 0 Å². The number of hydrogen-bond donors (Lipinski definition) is 2. The highest BCUT2D eigenvalue weighted by molar-refractivity contribution is 5.93. The molecule has 1 amide bonds. The molecule has 0 aliphatic carbocycles.